The van der Waals surface area contributed by atoms with Crippen molar-refractivity contribution in [3.63, 3.8) is 0 Å². The van der Waals surface area contributed by atoms with E-state index in [0.29, 0.717) is 26.1 Å². The fourth-order valence-corrected chi connectivity index (χ4v) is 3.67. The molecule has 1 aromatic carbocycles. The van der Waals surface area contributed by atoms with Gasteiger partial charge in [0.25, 0.3) is 0 Å². The van der Waals surface area contributed by atoms with Gasteiger partial charge in [-0.2, -0.15) is 0 Å². The summed E-state index contributed by atoms with van der Waals surface area (Å²) in [5, 5.41) is 8.82. The number of nitrogens with one attached hydrogen (secondary N) is 3. The van der Waals surface area contributed by atoms with Crippen LogP contribution in [-0.2, 0) is 4.74 Å². The standard InChI is InChI=1S/C16H21BrN4O3/c1-10(12-4-2-3-5-13(12)17)18-14-19-15(22)21(16(23)20-14)11-6-8-24-9-7-11/h2-5,10-11,14,18H,6-9H2,1H3,(H,19,22)(H,20,23). The maximum absolute atomic E-state index is 12.4. The maximum Gasteiger partial charge on any atom is 0.328 e. The first kappa shape index (κ1) is 17.2. The molecule has 1 aromatic rings. The second kappa shape index (κ2) is 7.50. The van der Waals surface area contributed by atoms with Crippen LogP contribution >= 0.6 is 15.9 Å². The van der Waals surface area contributed by atoms with Crippen LogP contribution < -0.4 is 16.0 Å². The molecule has 8 heteroatoms. The van der Waals surface area contributed by atoms with Crippen LogP contribution in [0, 0.1) is 0 Å². The van der Waals surface area contributed by atoms with Gasteiger partial charge in [-0.3, -0.25) is 5.32 Å². The van der Waals surface area contributed by atoms with Gasteiger partial charge in [0.05, 0.1) is 0 Å². The maximum atomic E-state index is 12.4. The van der Waals surface area contributed by atoms with Crippen LogP contribution in [0.5, 0.6) is 0 Å². The Bertz CT molecular complexity index is 603. The molecule has 0 bridgehead atoms. The topological polar surface area (TPSA) is 82.7 Å². The normalized spacial score (nSPS) is 21.3. The van der Waals surface area contributed by atoms with E-state index in [4.69, 9.17) is 4.74 Å². The third-order valence-electron chi connectivity index (χ3n) is 4.32. The summed E-state index contributed by atoms with van der Waals surface area (Å²) in [5.41, 5.74) is 1.05. The van der Waals surface area contributed by atoms with Gasteiger partial charge >= 0.3 is 12.1 Å². The van der Waals surface area contributed by atoms with E-state index >= 15 is 0 Å². The number of hydrogen-bond acceptors (Lipinski definition) is 4. The first-order valence-electron chi connectivity index (χ1n) is 8.04. The van der Waals surface area contributed by atoms with Crippen LogP contribution in [0.4, 0.5) is 9.59 Å². The molecule has 2 fully saturated rings. The van der Waals surface area contributed by atoms with Crippen LogP contribution in [0.2, 0.25) is 0 Å². The lowest BCUT2D eigenvalue weighted by molar-refractivity contribution is 0.0492. The summed E-state index contributed by atoms with van der Waals surface area (Å²) in [6.45, 7) is 3.12. The molecular formula is C16H21BrN4O3. The monoisotopic (exact) mass is 396 g/mol. The Kier molecular flexibility index (Phi) is 5.37. The molecular weight excluding hydrogens is 376 g/mol. The molecule has 1 atom stereocenters. The largest absolute Gasteiger partial charge is 0.381 e. The molecule has 7 nitrogen and oxygen atoms in total. The average molecular weight is 397 g/mol. The molecule has 0 aromatic heterocycles. The van der Waals surface area contributed by atoms with Crippen LogP contribution in [0.3, 0.4) is 0 Å². The van der Waals surface area contributed by atoms with Gasteiger partial charge in [0.1, 0.15) is 0 Å². The predicted octanol–water partition coefficient (Wildman–Crippen LogP) is 2.30. The Hall–Kier alpha value is -1.64. The summed E-state index contributed by atoms with van der Waals surface area (Å²) in [6.07, 6.45) is 0.738. The second-order valence-corrected chi connectivity index (χ2v) is 6.81. The van der Waals surface area contributed by atoms with Crippen molar-refractivity contribution in [2.24, 2.45) is 0 Å². The summed E-state index contributed by atoms with van der Waals surface area (Å²) in [4.78, 5) is 26.0. The predicted molar refractivity (Wildman–Crippen MR) is 92.2 cm³/mol. The van der Waals surface area contributed by atoms with Crippen molar-refractivity contribution in [3.8, 4) is 0 Å². The smallest absolute Gasteiger partial charge is 0.328 e. The first-order chi connectivity index (χ1) is 11.6. The van der Waals surface area contributed by atoms with E-state index in [-0.39, 0.29) is 24.1 Å². The van der Waals surface area contributed by atoms with Crippen LogP contribution in [0.25, 0.3) is 0 Å². The number of imide groups is 1. The third-order valence-corrected chi connectivity index (χ3v) is 5.04. The molecule has 2 saturated heterocycles. The highest BCUT2D eigenvalue weighted by atomic mass is 79.9. The van der Waals surface area contributed by atoms with Crippen molar-refractivity contribution in [2.45, 2.75) is 38.1 Å². The minimum absolute atomic E-state index is 0.0548. The number of carbonyl (C=O) groups excluding carboxylic acids is 2. The van der Waals surface area contributed by atoms with Gasteiger partial charge in [0.15, 0.2) is 6.29 Å². The van der Waals surface area contributed by atoms with E-state index < -0.39 is 6.29 Å². The van der Waals surface area contributed by atoms with Crippen molar-refractivity contribution in [1.29, 1.82) is 0 Å². The molecule has 0 radical (unpaired) electrons. The molecule has 130 valence electrons. The SMILES string of the molecule is CC(NC1NC(=O)N(C2CCOCC2)C(=O)N1)c1ccccc1Br. The van der Waals surface area contributed by atoms with Crippen LogP contribution in [-0.4, -0.2) is 42.5 Å². The highest BCUT2D eigenvalue weighted by molar-refractivity contribution is 9.10. The molecule has 4 amide bonds. The molecule has 0 saturated carbocycles. The van der Waals surface area contributed by atoms with E-state index in [1.54, 1.807) is 0 Å². The molecule has 1 unspecified atom stereocenters. The Morgan fingerprint density at radius 3 is 2.46 bits per heavy atom. The zero-order valence-corrected chi connectivity index (χ0v) is 15.0. The highest BCUT2D eigenvalue weighted by Crippen LogP contribution is 2.23. The van der Waals surface area contributed by atoms with Crippen LogP contribution in [0.1, 0.15) is 31.4 Å². The molecule has 3 N–H and O–H groups in total. The molecule has 2 aliphatic rings. The molecule has 0 spiro atoms. The number of urea groups is 2. The summed E-state index contributed by atoms with van der Waals surface area (Å²) >= 11 is 3.51. The van der Waals surface area contributed by atoms with Gasteiger partial charge in [-0.15, -0.1) is 0 Å². The van der Waals surface area contributed by atoms with Gasteiger partial charge in [-0.05, 0) is 31.4 Å². The minimum atomic E-state index is -0.608. The fourth-order valence-electron chi connectivity index (χ4n) is 3.04. The lowest BCUT2D eigenvalue weighted by atomic mass is 10.1. The zero-order chi connectivity index (χ0) is 17.1. The Morgan fingerprint density at radius 2 is 1.83 bits per heavy atom. The van der Waals surface area contributed by atoms with E-state index in [0.717, 1.165) is 10.0 Å². The van der Waals surface area contributed by atoms with Crippen LogP contribution in [0.15, 0.2) is 28.7 Å². The molecule has 3 rings (SSSR count). The lowest BCUT2D eigenvalue weighted by Crippen LogP contribution is -2.70. The number of hydrogen-bond donors (Lipinski definition) is 3. The van der Waals surface area contributed by atoms with Gasteiger partial charge in [0, 0.05) is 29.8 Å². The Balaban J connectivity index is 1.63. The summed E-state index contributed by atoms with van der Waals surface area (Å²) in [7, 11) is 0. The highest BCUT2D eigenvalue weighted by Gasteiger charge is 2.37. The molecule has 2 aliphatic heterocycles. The number of nitrogens with zero attached hydrogens (tertiary/aromatic N) is 1. The number of ether oxygens (including phenoxy) is 1. The summed E-state index contributed by atoms with van der Waals surface area (Å²) in [6, 6.07) is 6.92. The van der Waals surface area contributed by atoms with Crippen molar-refractivity contribution >= 4 is 28.0 Å². The number of rotatable bonds is 4. The van der Waals surface area contributed by atoms with Gasteiger partial charge in [0.2, 0.25) is 0 Å². The zero-order valence-electron chi connectivity index (χ0n) is 13.4. The summed E-state index contributed by atoms with van der Waals surface area (Å²) in [5.74, 6) is 0. The van der Waals surface area contributed by atoms with Crippen molar-refractivity contribution < 1.29 is 14.3 Å². The van der Waals surface area contributed by atoms with Gasteiger partial charge in [-0.1, -0.05) is 34.1 Å². The lowest BCUT2D eigenvalue weighted by Gasteiger charge is -2.39. The quantitative estimate of drug-likeness (QED) is 0.728. The third kappa shape index (κ3) is 3.71. The first-order valence-corrected chi connectivity index (χ1v) is 8.84. The fraction of sp³-hybridized carbons (Fsp3) is 0.500. The van der Waals surface area contributed by atoms with E-state index in [1.807, 2.05) is 31.2 Å². The Labute approximate surface area is 149 Å². The molecule has 2 heterocycles. The van der Waals surface area contributed by atoms with Gasteiger partial charge in [-0.25, -0.2) is 14.5 Å². The average Bonchev–Trinajstić information content (AvgIpc) is 2.55. The number of amides is 4. The van der Waals surface area contributed by atoms with E-state index in [2.05, 4.69) is 31.9 Å². The number of halogens is 1. The second-order valence-electron chi connectivity index (χ2n) is 5.96. The van der Waals surface area contributed by atoms with E-state index in [9.17, 15) is 9.59 Å². The van der Waals surface area contributed by atoms with Crippen molar-refractivity contribution in [2.75, 3.05) is 13.2 Å². The number of carbonyl (C=O) groups is 2. The minimum Gasteiger partial charge on any atom is -0.381 e. The number of benzene rings is 1. The molecule has 24 heavy (non-hydrogen) atoms. The van der Waals surface area contributed by atoms with Crippen molar-refractivity contribution in [1.82, 2.24) is 20.9 Å². The Morgan fingerprint density at radius 1 is 1.21 bits per heavy atom. The molecule has 0 aliphatic carbocycles. The van der Waals surface area contributed by atoms with Crippen molar-refractivity contribution in [3.05, 3.63) is 34.3 Å². The summed E-state index contributed by atoms with van der Waals surface area (Å²) < 4.78 is 6.26. The van der Waals surface area contributed by atoms with Gasteiger partial charge < -0.3 is 15.4 Å². The van der Waals surface area contributed by atoms with E-state index in [1.165, 1.54) is 4.90 Å².